The van der Waals surface area contributed by atoms with Crippen LogP contribution in [0, 0.1) is 0 Å². The van der Waals surface area contributed by atoms with Crippen molar-refractivity contribution in [2.45, 2.75) is 20.3 Å². The quantitative estimate of drug-likeness (QED) is 0.924. The number of hydrogen-bond donors (Lipinski definition) is 1. The molecule has 6 nitrogen and oxygen atoms in total. The van der Waals surface area contributed by atoms with Gasteiger partial charge in [0.2, 0.25) is 5.91 Å². The monoisotopic (exact) mass is 316 g/mol. The van der Waals surface area contributed by atoms with Gasteiger partial charge in [-0.2, -0.15) is 0 Å². The zero-order chi connectivity index (χ0) is 16.4. The first-order valence-electron chi connectivity index (χ1n) is 8.34. The van der Waals surface area contributed by atoms with E-state index in [4.69, 9.17) is 0 Å². The fourth-order valence-electron chi connectivity index (χ4n) is 3.26. The second-order valence-electron chi connectivity index (χ2n) is 6.00. The van der Waals surface area contributed by atoms with Crippen LogP contribution in [0.15, 0.2) is 18.2 Å². The number of rotatable bonds is 3. The Hall–Kier alpha value is -2.24. The molecule has 3 rings (SSSR count). The van der Waals surface area contributed by atoms with Crippen LogP contribution >= 0.6 is 0 Å². The predicted molar refractivity (Wildman–Crippen MR) is 90.9 cm³/mol. The third-order valence-electron chi connectivity index (χ3n) is 4.66. The number of nitrogens with zero attached hydrogens (tertiary/aromatic N) is 3. The Kier molecular flexibility index (Phi) is 4.41. The molecule has 6 heteroatoms. The molecule has 0 spiro atoms. The molecule has 3 amide bonds. The summed E-state index contributed by atoms with van der Waals surface area (Å²) in [7, 11) is 0. The maximum atomic E-state index is 12.4. The Morgan fingerprint density at radius 3 is 2.52 bits per heavy atom. The van der Waals surface area contributed by atoms with E-state index < -0.39 is 0 Å². The van der Waals surface area contributed by atoms with Crippen molar-refractivity contribution < 1.29 is 9.59 Å². The van der Waals surface area contributed by atoms with Crippen molar-refractivity contribution >= 4 is 23.3 Å². The molecule has 1 N–H and O–H groups in total. The zero-order valence-corrected chi connectivity index (χ0v) is 13.8. The summed E-state index contributed by atoms with van der Waals surface area (Å²) in [5.41, 5.74) is 3.12. The summed E-state index contributed by atoms with van der Waals surface area (Å²) < 4.78 is 0. The van der Waals surface area contributed by atoms with E-state index in [9.17, 15) is 9.59 Å². The van der Waals surface area contributed by atoms with Crippen LogP contribution < -0.4 is 10.2 Å². The van der Waals surface area contributed by atoms with Crippen LogP contribution in [0.25, 0.3) is 0 Å². The minimum Gasteiger partial charge on any atom is -0.368 e. The molecule has 2 heterocycles. The minimum absolute atomic E-state index is 0.0618. The van der Waals surface area contributed by atoms with E-state index in [1.807, 2.05) is 35.8 Å². The lowest BCUT2D eigenvalue weighted by molar-refractivity contribution is -0.115. The average molecular weight is 316 g/mol. The second-order valence-corrected chi connectivity index (χ2v) is 6.00. The molecule has 2 aliphatic heterocycles. The highest BCUT2D eigenvalue weighted by Gasteiger charge is 2.25. The standard InChI is InChI=1S/C17H24N4O2/c1-3-19(4-2)17(23)21-9-7-20(8-10-21)14-5-6-15-13(11-14)12-16(22)18-15/h5-6,11H,3-4,7-10,12H2,1-2H3,(H,18,22). The number of anilines is 2. The molecule has 124 valence electrons. The Morgan fingerprint density at radius 1 is 1.17 bits per heavy atom. The first-order valence-corrected chi connectivity index (χ1v) is 8.34. The molecule has 0 saturated carbocycles. The first-order chi connectivity index (χ1) is 11.1. The van der Waals surface area contributed by atoms with Crippen molar-refractivity contribution in [3.63, 3.8) is 0 Å². The zero-order valence-electron chi connectivity index (χ0n) is 13.8. The molecule has 2 aliphatic rings. The Bertz CT molecular complexity index is 605. The van der Waals surface area contributed by atoms with Crippen LogP contribution in [-0.2, 0) is 11.2 Å². The molecule has 1 fully saturated rings. The topological polar surface area (TPSA) is 55.9 Å². The Morgan fingerprint density at radius 2 is 1.87 bits per heavy atom. The van der Waals surface area contributed by atoms with Crippen LogP contribution in [0.4, 0.5) is 16.2 Å². The molecular formula is C17H24N4O2. The van der Waals surface area contributed by atoms with Gasteiger partial charge in [0.15, 0.2) is 0 Å². The number of nitrogens with one attached hydrogen (secondary N) is 1. The van der Waals surface area contributed by atoms with Crippen molar-refractivity contribution in [2.24, 2.45) is 0 Å². The lowest BCUT2D eigenvalue weighted by Gasteiger charge is -2.38. The Labute approximate surface area is 137 Å². The molecule has 0 unspecified atom stereocenters. The van der Waals surface area contributed by atoms with Gasteiger partial charge in [0.25, 0.3) is 0 Å². The summed E-state index contributed by atoms with van der Waals surface area (Å²) >= 11 is 0. The predicted octanol–water partition coefficient (Wildman–Crippen LogP) is 1.76. The lowest BCUT2D eigenvalue weighted by Crippen LogP contribution is -2.52. The van der Waals surface area contributed by atoms with E-state index >= 15 is 0 Å². The van der Waals surface area contributed by atoms with Gasteiger partial charge in [0.1, 0.15) is 0 Å². The van der Waals surface area contributed by atoms with Gasteiger partial charge in [0.05, 0.1) is 6.42 Å². The largest absolute Gasteiger partial charge is 0.368 e. The molecule has 1 saturated heterocycles. The van der Waals surface area contributed by atoms with Gasteiger partial charge < -0.3 is 20.0 Å². The number of piperazine rings is 1. The minimum atomic E-state index is 0.0618. The third kappa shape index (κ3) is 3.11. The molecule has 1 aromatic rings. The normalized spacial score (nSPS) is 17.0. The number of carbonyl (C=O) groups excluding carboxylic acids is 2. The van der Waals surface area contributed by atoms with E-state index in [-0.39, 0.29) is 11.9 Å². The summed E-state index contributed by atoms with van der Waals surface area (Å²) in [4.78, 5) is 29.9. The van der Waals surface area contributed by atoms with Gasteiger partial charge >= 0.3 is 6.03 Å². The maximum absolute atomic E-state index is 12.4. The molecular weight excluding hydrogens is 292 g/mol. The van der Waals surface area contributed by atoms with Crippen molar-refractivity contribution in [2.75, 3.05) is 49.5 Å². The third-order valence-corrected chi connectivity index (χ3v) is 4.66. The van der Waals surface area contributed by atoms with Crippen molar-refractivity contribution in [3.05, 3.63) is 23.8 Å². The van der Waals surface area contributed by atoms with Crippen LogP contribution in [-0.4, -0.2) is 61.0 Å². The van der Waals surface area contributed by atoms with Gasteiger partial charge in [0, 0.05) is 50.6 Å². The van der Waals surface area contributed by atoms with Crippen LogP contribution in [0.2, 0.25) is 0 Å². The molecule has 0 aromatic heterocycles. The van der Waals surface area contributed by atoms with Gasteiger partial charge in [-0.05, 0) is 37.6 Å². The summed E-state index contributed by atoms with van der Waals surface area (Å²) in [6, 6.07) is 6.25. The van der Waals surface area contributed by atoms with Crippen molar-refractivity contribution in [1.29, 1.82) is 0 Å². The molecule has 0 atom stereocenters. The smallest absolute Gasteiger partial charge is 0.320 e. The highest BCUT2D eigenvalue weighted by atomic mass is 16.2. The molecule has 0 bridgehead atoms. The van der Waals surface area contributed by atoms with E-state index in [1.54, 1.807) is 0 Å². The summed E-state index contributed by atoms with van der Waals surface area (Å²) in [6.45, 7) is 8.66. The number of benzene rings is 1. The molecule has 23 heavy (non-hydrogen) atoms. The van der Waals surface area contributed by atoms with Gasteiger partial charge in [-0.3, -0.25) is 4.79 Å². The molecule has 0 radical (unpaired) electrons. The van der Waals surface area contributed by atoms with Crippen LogP contribution in [0.3, 0.4) is 0 Å². The van der Waals surface area contributed by atoms with Crippen molar-refractivity contribution in [3.8, 4) is 0 Å². The highest BCUT2D eigenvalue weighted by Crippen LogP contribution is 2.28. The van der Waals surface area contributed by atoms with Crippen LogP contribution in [0.5, 0.6) is 0 Å². The van der Waals surface area contributed by atoms with E-state index in [1.165, 1.54) is 0 Å². The molecule has 1 aromatic carbocycles. The van der Waals surface area contributed by atoms with E-state index in [0.29, 0.717) is 6.42 Å². The van der Waals surface area contributed by atoms with Gasteiger partial charge in [-0.25, -0.2) is 4.79 Å². The van der Waals surface area contributed by atoms with Crippen molar-refractivity contribution in [1.82, 2.24) is 9.80 Å². The second kappa shape index (κ2) is 6.48. The Balaban J connectivity index is 1.62. The number of urea groups is 1. The van der Waals surface area contributed by atoms with Gasteiger partial charge in [-0.15, -0.1) is 0 Å². The van der Waals surface area contributed by atoms with Gasteiger partial charge in [-0.1, -0.05) is 0 Å². The lowest BCUT2D eigenvalue weighted by atomic mass is 10.1. The fraction of sp³-hybridized carbons (Fsp3) is 0.529. The van der Waals surface area contributed by atoms with E-state index in [0.717, 1.165) is 56.2 Å². The first kappa shape index (κ1) is 15.6. The number of hydrogen-bond acceptors (Lipinski definition) is 3. The number of fused-ring (bicyclic) bond motifs is 1. The van der Waals surface area contributed by atoms with E-state index in [2.05, 4.69) is 16.3 Å². The highest BCUT2D eigenvalue weighted by molar-refractivity contribution is 5.99. The number of amides is 3. The SMILES string of the molecule is CCN(CC)C(=O)N1CCN(c2ccc3c(c2)CC(=O)N3)CC1. The fourth-order valence-corrected chi connectivity index (χ4v) is 3.26. The molecule has 0 aliphatic carbocycles. The summed E-state index contributed by atoms with van der Waals surface area (Å²) in [6.07, 6.45) is 0.462. The maximum Gasteiger partial charge on any atom is 0.320 e. The summed E-state index contributed by atoms with van der Waals surface area (Å²) in [5.74, 6) is 0.0618. The average Bonchev–Trinajstić information content (AvgIpc) is 2.95. The van der Waals surface area contributed by atoms with Crippen LogP contribution in [0.1, 0.15) is 19.4 Å². The summed E-state index contributed by atoms with van der Waals surface area (Å²) in [5, 5.41) is 2.86. The number of carbonyl (C=O) groups is 2.